The summed E-state index contributed by atoms with van der Waals surface area (Å²) in [5, 5.41) is 15.1. The number of anilines is 1. The van der Waals surface area contributed by atoms with Gasteiger partial charge >= 0.3 is 6.03 Å². The van der Waals surface area contributed by atoms with Crippen LogP contribution in [-0.2, 0) is 0 Å². The molecule has 23 heavy (non-hydrogen) atoms. The highest BCUT2D eigenvalue weighted by atomic mass is 16.3. The number of amides is 2. The maximum atomic E-state index is 11.9. The summed E-state index contributed by atoms with van der Waals surface area (Å²) < 4.78 is 0. The molecule has 0 heterocycles. The average molecular weight is 319 g/mol. The van der Waals surface area contributed by atoms with Crippen LogP contribution in [0.25, 0.3) is 0 Å². The SMILES string of the molecule is CN(CCCNC(=O)NC1CCC(CO)CC1)c1ccccc1. The molecule has 0 spiro atoms. The zero-order valence-electron chi connectivity index (χ0n) is 14.0. The number of rotatable bonds is 7. The molecule has 0 saturated heterocycles. The highest BCUT2D eigenvalue weighted by Crippen LogP contribution is 2.23. The first-order valence-corrected chi connectivity index (χ1v) is 8.60. The summed E-state index contributed by atoms with van der Waals surface area (Å²) in [6.45, 7) is 1.86. The van der Waals surface area contributed by atoms with Gasteiger partial charge < -0.3 is 20.6 Å². The fourth-order valence-corrected chi connectivity index (χ4v) is 3.06. The second-order valence-electron chi connectivity index (χ2n) is 6.41. The Kier molecular flexibility index (Phi) is 7.20. The van der Waals surface area contributed by atoms with Crippen molar-refractivity contribution >= 4 is 11.7 Å². The fraction of sp³-hybridized carbons (Fsp3) is 0.611. The van der Waals surface area contributed by atoms with Crippen molar-refractivity contribution in [1.29, 1.82) is 0 Å². The quantitative estimate of drug-likeness (QED) is 0.676. The van der Waals surface area contributed by atoms with Crippen molar-refractivity contribution < 1.29 is 9.90 Å². The molecule has 128 valence electrons. The number of aliphatic hydroxyl groups is 1. The van der Waals surface area contributed by atoms with Crippen LogP contribution >= 0.6 is 0 Å². The minimum atomic E-state index is -0.0696. The smallest absolute Gasteiger partial charge is 0.315 e. The third-order valence-electron chi connectivity index (χ3n) is 4.59. The van der Waals surface area contributed by atoms with E-state index in [2.05, 4.69) is 34.7 Å². The van der Waals surface area contributed by atoms with E-state index >= 15 is 0 Å². The van der Waals surface area contributed by atoms with E-state index in [0.29, 0.717) is 12.5 Å². The average Bonchev–Trinajstić information content (AvgIpc) is 2.60. The van der Waals surface area contributed by atoms with Crippen LogP contribution in [0.15, 0.2) is 30.3 Å². The predicted molar refractivity (Wildman–Crippen MR) is 93.7 cm³/mol. The first-order valence-electron chi connectivity index (χ1n) is 8.60. The number of hydrogen-bond donors (Lipinski definition) is 3. The molecular formula is C18H29N3O2. The van der Waals surface area contributed by atoms with E-state index in [1.54, 1.807) is 0 Å². The number of nitrogens with one attached hydrogen (secondary N) is 2. The topological polar surface area (TPSA) is 64.6 Å². The van der Waals surface area contributed by atoms with E-state index in [4.69, 9.17) is 5.11 Å². The number of urea groups is 1. The maximum Gasteiger partial charge on any atom is 0.315 e. The Balaban J connectivity index is 1.56. The van der Waals surface area contributed by atoms with Crippen LogP contribution in [0.2, 0.25) is 0 Å². The van der Waals surface area contributed by atoms with Crippen LogP contribution in [0.1, 0.15) is 32.1 Å². The van der Waals surface area contributed by atoms with Gasteiger partial charge in [-0.05, 0) is 50.2 Å². The van der Waals surface area contributed by atoms with Gasteiger partial charge in [-0.2, -0.15) is 0 Å². The summed E-state index contributed by atoms with van der Waals surface area (Å²) in [5.74, 6) is 0.421. The van der Waals surface area contributed by atoms with Crippen LogP contribution in [0, 0.1) is 5.92 Å². The Morgan fingerprint density at radius 1 is 1.22 bits per heavy atom. The van der Waals surface area contributed by atoms with Gasteiger partial charge in [-0.1, -0.05) is 18.2 Å². The predicted octanol–water partition coefficient (Wildman–Crippen LogP) is 2.36. The molecule has 3 N–H and O–H groups in total. The molecule has 0 bridgehead atoms. The number of hydrogen-bond acceptors (Lipinski definition) is 3. The molecule has 1 saturated carbocycles. The number of carbonyl (C=O) groups is 1. The van der Waals surface area contributed by atoms with Crippen molar-refractivity contribution in [3.05, 3.63) is 30.3 Å². The lowest BCUT2D eigenvalue weighted by Gasteiger charge is -2.28. The van der Waals surface area contributed by atoms with Gasteiger partial charge in [0.1, 0.15) is 0 Å². The van der Waals surface area contributed by atoms with E-state index in [-0.39, 0.29) is 18.7 Å². The summed E-state index contributed by atoms with van der Waals surface area (Å²) in [4.78, 5) is 14.1. The van der Waals surface area contributed by atoms with Gasteiger partial charge in [0.25, 0.3) is 0 Å². The molecule has 2 amide bonds. The summed E-state index contributed by atoms with van der Waals surface area (Å²) in [7, 11) is 2.06. The Morgan fingerprint density at radius 2 is 1.91 bits per heavy atom. The highest BCUT2D eigenvalue weighted by Gasteiger charge is 2.21. The first kappa shape index (κ1) is 17.6. The molecule has 5 nitrogen and oxygen atoms in total. The van der Waals surface area contributed by atoms with Crippen molar-refractivity contribution in [2.75, 3.05) is 31.6 Å². The molecule has 0 unspecified atom stereocenters. The molecule has 5 heteroatoms. The lowest BCUT2D eigenvalue weighted by atomic mass is 9.87. The number of carbonyl (C=O) groups excluding carboxylic acids is 1. The van der Waals surface area contributed by atoms with Crippen LogP contribution in [0.3, 0.4) is 0 Å². The standard InChI is InChI=1S/C18H29N3O2/c1-21(17-6-3-2-4-7-17)13-5-12-19-18(23)20-16-10-8-15(14-22)9-11-16/h2-4,6-7,15-16,22H,5,8-14H2,1H3,(H2,19,20,23). The largest absolute Gasteiger partial charge is 0.396 e. The molecule has 0 radical (unpaired) electrons. The van der Waals surface area contributed by atoms with Crippen LogP contribution in [-0.4, -0.2) is 43.9 Å². The van der Waals surface area contributed by atoms with Crippen LogP contribution in [0.4, 0.5) is 10.5 Å². The van der Waals surface area contributed by atoms with Gasteiger partial charge in [0.2, 0.25) is 0 Å². The number of benzene rings is 1. The zero-order chi connectivity index (χ0) is 16.5. The summed E-state index contributed by atoms with van der Waals surface area (Å²) >= 11 is 0. The molecule has 1 aromatic rings. The molecule has 0 atom stereocenters. The normalized spacial score (nSPS) is 20.8. The molecule has 0 aromatic heterocycles. The maximum absolute atomic E-state index is 11.9. The molecule has 1 aliphatic rings. The molecule has 2 rings (SSSR count). The Hall–Kier alpha value is -1.75. The molecule has 1 fully saturated rings. The van der Waals surface area contributed by atoms with Gasteiger partial charge in [-0.3, -0.25) is 0 Å². The monoisotopic (exact) mass is 319 g/mol. The second-order valence-corrected chi connectivity index (χ2v) is 6.41. The van der Waals surface area contributed by atoms with Gasteiger partial charge in [0.05, 0.1) is 0 Å². The lowest BCUT2D eigenvalue weighted by molar-refractivity contribution is 0.174. The van der Waals surface area contributed by atoms with Gasteiger partial charge in [0.15, 0.2) is 0 Å². The van der Waals surface area contributed by atoms with E-state index in [9.17, 15) is 4.79 Å². The molecule has 1 aliphatic carbocycles. The van der Waals surface area contributed by atoms with Crippen LogP contribution < -0.4 is 15.5 Å². The number of para-hydroxylation sites is 1. The Bertz CT molecular complexity index is 459. The summed E-state index contributed by atoms with van der Waals surface area (Å²) in [6.07, 6.45) is 4.85. The minimum Gasteiger partial charge on any atom is -0.396 e. The van der Waals surface area contributed by atoms with E-state index in [1.165, 1.54) is 5.69 Å². The van der Waals surface area contributed by atoms with Crippen LogP contribution in [0.5, 0.6) is 0 Å². The van der Waals surface area contributed by atoms with Crippen molar-refractivity contribution in [2.24, 2.45) is 5.92 Å². The zero-order valence-corrected chi connectivity index (χ0v) is 14.0. The van der Waals surface area contributed by atoms with Gasteiger partial charge in [-0.25, -0.2) is 4.79 Å². The third kappa shape index (κ3) is 6.10. The Labute approximate surface area is 139 Å². The van der Waals surface area contributed by atoms with E-state index in [1.807, 2.05) is 18.2 Å². The summed E-state index contributed by atoms with van der Waals surface area (Å²) in [5.41, 5.74) is 1.19. The van der Waals surface area contributed by atoms with Crippen molar-refractivity contribution in [3.63, 3.8) is 0 Å². The lowest BCUT2D eigenvalue weighted by Crippen LogP contribution is -2.44. The van der Waals surface area contributed by atoms with Crippen molar-refractivity contribution in [1.82, 2.24) is 10.6 Å². The van der Waals surface area contributed by atoms with E-state index in [0.717, 1.165) is 38.6 Å². The van der Waals surface area contributed by atoms with E-state index < -0.39 is 0 Å². The van der Waals surface area contributed by atoms with Gasteiger partial charge in [0, 0.05) is 38.5 Å². The fourth-order valence-electron chi connectivity index (χ4n) is 3.06. The van der Waals surface area contributed by atoms with Crippen molar-refractivity contribution in [2.45, 2.75) is 38.1 Å². The summed E-state index contributed by atoms with van der Waals surface area (Å²) in [6, 6.07) is 10.4. The van der Waals surface area contributed by atoms with Crippen molar-refractivity contribution in [3.8, 4) is 0 Å². The minimum absolute atomic E-state index is 0.0696. The van der Waals surface area contributed by atoms with Gasteiger partial charge in [-0.15, -0.1) is 0 Å². The number of nitrogens with zero attached hydrogens (tertiary/aromatic N) is 1. The molecule has 1 aromatic carbocycles. The molecular weight excluding hydrogens is 290 g/mol. The first-order chi connectivity index (χ1) is 11.2. The Morgan fingerprint density at radius 3 is 2.57 bits per heavy atom. The second kappa shape index (κ2) is 9.40. The third-order valence-corrected chi connectivity index (χ3v) is 4.59. The number of aliphatic hydroxyl groups excluding tert-OH is 1. The molecule has 0 aliphatic heterocycles. The highest BCUT2D eigenvalue weighted by molar-refractivity contribution is 5.74.